The number of hydrogen-bond donors (Lipinski definition) is 1. The van der Waals surface area contributed by atoms with Crippen molar-refractivity contribution in [1.29, 1.82) is 0 Å². The van der Waals surface area contributed by atoms with Crippen molar-refractivity contribution in [2.75, 3.05) is 6.54 Å². The molecule has 0 unspecified atom stereocenters. The zero-order valence-electron chi connectivity index (χ0n) is 11.6. The van der Waals surface area contributed by atoms with Crippen molar-refractivity contribution in [2.45, 2.75) is 19.8 Å². The average Bonchev–Trinajstić information content (AvgIpc) is 3.02. The summed E-state index contributed by atoms with van der Waals surface area (Å²) >= 11 is 1.49. The van der Waals surface area contributed by atoms with Crippen LogP contribution in [0.1, 0.15) is 16.1 Å². The molecule has 0 bridgehead atoms. The van der Waals surface area contributed by atoms with Crippen molar-refractivity contribution >= 4 is 22.2 Å². The molecule has 1 aromatic carbocycles. The number of aryl methyl sites for hydroxylation is 1. The number of nitrogens with zero attached hydrogens (tertiary/aromatic N) is 4. The van der Waals surface area contributed by atoms with Gasteiger partial charge in [-0.15, -0.1) is 10.2 Å². The minimum absolute atomic E-state index is 0.0295. The van der Waals surface area contributed by atoms with Gasteiger partial charge in [-0.1, -0.05) is 41.2 Å². The van der Waals surface area contributed by atoms with Crippen LogP contribution in [0.2, 0.25) is 0 Å². The van der Waals surface area contributed by atoms with Crippen LogP contribution in [0.3, 0.4) is 0 Å². The van der Waals surface area contributed by atoms with Crippen LogP contribution in [0.4, 0.5) is 0 Å². The maximum Gasteiger partial charge on any atom is 0.234 e. The molecule has 2 aromatic heterocycles. The summed E-state index contributed by atoms with van der Waals surface area (Å²) in [5.74, 6) is 0.0295. The molecule has 0 aliphatic carbocycles. The van der Waals surface area contributed by atoms with Gasteiger partial charge in [0.05, 0.1) is 6.42 Å². The third-order valence-corrected chi connectivity index (χ3v) is 4.05. The summed E-state index contributed by atoms with van der Waals surface area (Å²) in [4.78, 5) is 12.6. The molecule has 0 aliphatic heterocycles. The maximum atomic E-state index is 11.9. The molecule has 0 aliphatic rings. The van der Waals surface area contributed by atoms with Crippen LogP contribution in [-0.4, -0.2) is 32.3 Å². The van der Waals surface area contributed by atoms with E-state index in [1.807, 2.05) is 31.2 Å². The highest BCUT2D eigenvalue weighted by Gasteiger charge is 2.06. The summed E-state index contributed by atoms with van der Waals surface area (Å²) in [5, 5.41) is 15.9. The van der Waals surface area contributed by atoms with E-state index in [0.29, 0.717) is 19.4 Å². The summed E-state index contributed by atoms with van der Waals surface area (Å²) < 4.78 is 1.65. The van der Waals surface area contributed by atoms with E-state index < -0.39 is 0 Å². The summed E-state index contributed by atoms with van der Waals surface area (Å²) in [7, 11) is 0. The molecule has 0 spiro atoms. The van der Waals surface area contributed by atoms with Crippen LogP contribution in [0.15, 0.2) is 30.6 Å². The average molecular weight is 301 g/mol. The fraction of sp³-hybridized carbons (Fsp3) is 0.286. The molecular weight excluding hydrogens is 286 g/mol. The second kappa shape index (κ2) is 6.01. The molecule has 6 nitrogen and oxygen atoms in total. The lowest BCUT2D eigenvalue weighted by molar-refractivity contribution is -0.120. The highest BCUT2D eigenvalue weighted by atomic mass is 32.1. The summed E-state index contributed by atoms with van der Waals surface area (Å²) in [6, 6.07) is 8.00. The van der Waals surface area contributed by atoms with E-state index in [2.05, 4.69) is 20.6 Å². The van der Waals surface area contributed by atoms with Gasteiger partial charge >= 0.3 is 0 Å². The number of aromatic nitrogens is 4. The fourth-order valence-corrected chi connectivity index (χ4v) is 2.78. The Morgan fingerprint density at radius 2 is 2.14 bits per heavy atom. The van der Waals surface area contributed by atoms with Gasteiger partial charge in [0.15, 0.2) is 0 Å². The molecule has 7 heteroatoms. The number of benzene rings is 1. The molecule has 2 heterocycles. The van der Waals surface area contributed by atoms with Gasteiger partial charge in [0.25, 0.3) is 0 Å². The molecule has 0 radical (unpaired) electrons. The number of carbonyl (C=O) groups is 1. The fourth-order valence-electron chi connectivity index (χ4n) is 1.96. The van der Waals surface area contributed by atoms with Crippen molar-refractivity contribution < 1.29 is 4.79 Å². The Kier molecular flexibility index (Phi) is 3.92. The van der Waals surface area contributed by atoms with Gasteiger partial charge < -0.3 is 5.32 Å². The third-order valence-electron chi connectivity index (χ3n) is 3.07. The topological polar surface area (TPSA) is 72.2 Å². The zero-order chi connectivity index (χ0) is 14.7. The predicted molar refractivity (Wildman–Crippen MR) is 80.3 cm³/mol. The Balaban J connectivity index is 1.47. The number of rotatable bonds is 5. The third kappa shape index (κ3) is 3.43. The first-order valence-electron chi connectivity index (χ1n) is 6.69. The van der Waals surface area contributed by atoms with E-state index in [-0.39, 0.29) is 5.91 Å². The molecule has 0 atom stereocenters. The Morgan fingerprint density at radius 1 is 1.33 bits per heavy atom. The lowest BCUT2D eigenvalue weighted by Crippen LogP contribution is -2.27. The second-order valence-electron chi connectivity index (χ2n) is 4.82. The van der Waals surface area contributed by atoms with Gasteiger partial charge in [-0.25, -0.2) is 0 Å². The minimum Gasteiger partial charge on any atom is -0.355 e. The summed E-state index contributed by atoms with van der Waals surface area (Å²) in [6.07, 6.45) is 2.68. The van der Waals surface area contributed by atoms with Gasteiger partial charge in [0.1, 0.15) is 11.3 Å². The first-order valence-corrected chi connectivity index (χ1v) is 7.50. The molecule has 0 saturated heterocycles. The first kappa shape index (κ1) is 13.7. The standard InChI is InChI=1S/C14H15N5OS/c1-10-2-4-11(5-3-10)8-12(20)15-7-6-13-18-19-9-16-17-14(19)21-13/h2-5,9H,6-8H2,1H3,(H,15,20). The number of nitrogens with one attached hydrogen (secondary N) is 1. The first-order chi connectivity index (χ1) is 10.2. The van der Waals surface area contributed by atoms with Gasteiger partial charge in [-0.05, 0) is 12.5 Å². The quantitative estimate of drug-likeness (QED) is 0.773. The van der Waals surface area contributed by atoms with E-state index in [1.165, 1.54) is 16.9 Å². The number of hydrogen-bond acceptors (Lipinski definition) is 5. The van der Waals surface area contributed by atoms with Gasteiger partial charge in [-0.2, -0.15) is 9.61 Å². The Bertz CT molecular complexity index is 718. The summed E-state index contributed by atoms with van der Waals surface area (Å²) in [5.41, 5.74) is 2.22. The van der Waals surface area contributed by atoms with E-state index in [9.17, 15) is 4.79 Å². The lowest BCUT2D eigenvalue weighted by atomic mass is 10.1. The van der Waals surface area contributed by atoms with Crippen molar-refractivity contribution in [3.63, 3.8) is 0 Å². The van der Waals surface area contributed by atoms with Crippen LogP contribution >= 0.6 is 11.3 Å². The Morgan fingerprint density at radius 3 is 2.90 bits per heavy atom. The number of carbonyl (C=O) groups excluding carboxylic acids is 1. The lowest BCUT2D eigenvalue weighted by Gasteiger charge is -2.04. The number of fused-ring (bicyclic) bond motifs is 1. The highest BCUT2D eigenvalue weighted by Crippen LogP contribution is 2.11. The monoisotopic (exact) mass is 301 g/mol. The van der Waals surface area contributed by atoms with Gasteiger partial charge in [0, 0.05) is 13.0 Å². The van der Waals surface area contributed by atoms with E-state index in [4.69, 9.17) is 0 Å². The van der Waals surface area contributed by atoms with Crippen LogP contribution in [0.25, 0.3) is 4.96 Å². The van der Waals surface area contributed by atoms with Crippen LogP contribution < -0.4 is 5.32 Å². The van der Waals surface area contributed by atoms with Crippen LogP contribution in [-0.2, 0) is 17.6 Å². The van der Waals surface area contributed by atoms with Gasteiger partial charge in [-0.3, -0.25) is 4.79 Å². The van der Waals surface area contributed by atoms with Crippen LogP contribution in [0.5, 0.6) is 0 Å². The zero-order valence-corrected chi connectivity index (χ0v) is 12.4. The Hall–Kier alpha value is -2.28. The van der Waals surface area contributed by atoms with Crippen molar-refractivity contribution in [2.24, 2.45) is 0 Å². The molecule has 0 saturated carbocycles. The van der Waals surface area contributed by atoms with Crippen molar-refractivity contribution in [3.8, 4) is 0 Å². The normalized spacial score (nSPS) is 10.9. The van der Waals surface area contributed by atoms with Crippen molar-refractivity contribution in [1.82, 2.24) is 25.1 Å². The molecule has 21 heavy (non-hydrogen) atoms. The van der Waals surface area contributed by atoms with E-state index in [0.717, 1.165) is 15.5 Å². The van der Waals surface area contributed by atoms with Crippen LogP contribution in [0, 0.1) is 6.92 Å². The van der Waals surface area contributed by atoms with Gasteiger partial charge in [0.2, 0.25) is 10.9 Å². The largest absolute Gasteiger partial charge is 0.355 e. The highest BCUT2D eigenvalue weighted by molar-refractivity contribution is 7.16. The maximum absolute atomic E-state index is 11.9. The number of amides is 1. The van der Waals surface area contributed by atoms with E-state index >= 15 is 0 Å². The predicted octanol–water partition coefficient (Wildman–Crippen LogP) is 1.40. The SMILES string of the molecule is Cc1ccc(CC(=O)NCCc2nn3cnnc3s2)cc1. The minimum atomic E-state index is 0.0295. The van der Waals surface area contributed by atoms with E-state index in [1.54, 1.807) is 10.8 Å². The molecule has 3 aromatic rings. The molecule has 108 valence electrons. The molecule has 3 rings (SSSR count). The molecule has 1 amide bonds. The molecule has 0 fully saturated rings. The van der Waals surface area contributed by atoms with Crippen molar-refractivity contribution in [3.05, 3.63) is 46.7 Å². The second-order valence-corrected chi connectivity index (χ2v) is 5.86. The molecular formula is C14H15N5OS. The Labute approximate surface area is 125 Å². The summed E-state index contributed by atoms with van der Waals surface area (Å²) in [6.45, 7) is 2.61. The molecule has 1 N–H and O–H groups in total. The smallest absolute Gasteiger partial charge is 0.234 e.